The van der Waals surface area contributed by atoms with Gasteiger partial charge in [0.15, 0.2) is 0 Å². The first-order valence-corrected chi connectivity index (χ1v) is 8.76. The summed E-state index contributed by atoms with van der Waals surface area (Å²) in [6.45, 7) is 4.54. The van der Waals surface area contributed by atoms with Crippen LogP contribution in [0.25, 0.3) is 11.0 Å². The molecule has 1 N–H and O–H groups in total. The third kappa shape index (κ3) is 3.74. The minimum absolute atomic E-state index is 0.0566. The van der Waals surface area contributed by atoms with Crippen LogP contribution in [0, 0.1) is 0 Å². The number of benzene rings is 1. The first kappa shape index (κ1) is 16.5. The van der Waals surface area contributed by atoms with Crippen molar-refractivity contribution in [2.24, 2.45) is 0 Å². The van der Waals surface area contributed by atoms with Crippen LogP contribution >= 0.6 is 11.3 Å². The zero-order valence-electron chi connectivity index (χ0n) is 13.7. The third-order valence-electron chi connectivity index (χ3n) is 3.91. The average Bonchev–Trinajstić information content (AvgIpc) is 3.04. The minimum Gasteiger partial charge on any atom is -0.423 e. The summed E-state index contributed by atoms with van der Waals surface area (Å²) in [6.07, 6.45) is 0.355. The van der Waals surface area contributed by atoms with Crippen molar-refractivity contribution in [3.8, 4) is 0 Å². The van der Waals surface area contributed by atoms with Crippen LogP contribution in [0.5, 0.6) is 0 Å². The largest absolute Gasteiger partial charge is 0.423 e. The Kier molecular flexibility index (Phi) is 4.81. The van der Waals surface area contributed by atoms with Gasteiger partial charge in [-0.15, -0.1) is 11.3 Å². The smallest absolute Gasteiger partial charge is 0.336 e. The van der Waals surface area contributed by atoms with Gasteiger partial charge in [0, 0.05) is 22.9 Å². The summed E-state index contributed by atoms with van der Waals surface area (Å²) >= 11 is 1.56. The highest BCUT2D eigenvalue weighted by atomic mass is 32.1. The Labute approximate surface area is 144 Å². The van der Waals surface area contributed by atoms with Gasteiger partial charge in [-0.2, -0.15) is 0 Å². The Balaban J connectivity index is 1.83. The van der Waals surface area contributed by atoms with Crippen molar-refractivity contribution < 1.29 is 9.21 Å². The van der Waals surface area contributed by atoms with E-state index in [0.29, 0.717) is 24.5 Å². The van der Waals surface area contributed by atoms with E-state index in [1.165, 1.54) is 11.6 Å². The highest BCUT2D eigenvalue weighted by molar-refractivity contribution is 7.10. The summed E-state index contributed by atoms with van der Waals surface area (Å²) in [6, 6.07) is 11.1. The van der Waals surface area contributed by atoms with E-state index in [-0.39, 0.29) is 5.91 Å². The molecule has 0 saturated carbocycles. The molecule has 3 aromatic rings. The monoisotopic (exact) mass is 341 g/mol. The fraction of sp³-hybridized carbons (Fsp3) is 0.263. The van der Waals surface area contributed by atoms with Crippen LogP contribution < -0.4 is 10.9 Å². The SMILES string of the molecule is CC(C)c1ccc2oc(=O)cc(CNC(=O)Cc3cccs3)c2c1. The van der Waals surface area contributed by atoms with Crippen molar-refractivity contribution in [1.82, 2.24) is 5.32 Å². The molecular weight excluding hydrogens is 322 g/mol. The number of rotatable bonds is 5. The lowest BCUT2D eigenvalue weighted by molar-refractivity contribution is -0.120. The van der Waals surface area contributed by atoms with Crippen molar-refractivity contribution in [3.63, 3.8) is 0 Å². The van der Waals surface area contributed by atoms with Crippen LogP contribution in [0.15, 0.2) is 51.0 Å². The molecule has 0 spiro atoms. The van der Waals surface area contributed by atoms with Gasteiger partial charge in [-0.05, 0) is 40.6 Å². The van der Waals surface area contributed by atoms with Gasteiger partial charge in [-0.25, -0.2) is 4.79 Å². The lowest BCUT2D eigenvalue weighted by Crippen LogP contribution is -2.24. The molecule has 0 atom stereocenters. The molecular formula is C19H19NO3S. The molecule has 2 aromatic heterocycles. The molecule has 0 bridgehead atoms. The molecule has 1 amide bonds. The molecule has 1 aromatic carbocycles. The zero-order chi connectivity index (χ0) is 17.1. The molecule has 3 rings (SSSR count). The van der Waals surface area contributed by atoms with E-state index in [4.69, 9.17) is 4.42 Å². The van der Waals surface area contributed by atoms with Gasteiger partial charge in [0.2, 0.25) is 5.91 Å². The van der Waals surface area contributed by atoms with Crippen LogP contribution in [0.3, 0.4) is 0 Å². The molecule has 4 nitrogen and oxygen atoms in total. The summed E-state index contributed by atoms with van der Waals surface area (Å²) in [5, 5.41) is 5.72. The first-order valence-electron chi connectivity index (χ1n) is 7.88. The molecule has 124 valence electrons. The summed E-state index contributed by atoms with van der Waals surface area (Å²) < 4.78 is 5.26. The number of carbonyl (C=O) groups is 1. The van der Waals surface area contributed by atoms with E-state index >= 15 is 0 Å². The molecule has 0 aliphatic rings. The fourth-order valence-electron chi connectivity index (χ4n) is 2.58. The van der Waals surface area contributed by atoms with Crippen LogP contribution in [-0.4, -0.2) is 5.91 Å². The standard InChI is InChI=1S/C19H19NO3S/c1-12(2)13-5-6-17-16(8-13)14(9-19(22)23-17)11-20-18(21)10-15-4-3-7-24-15/h3-9,12H,10-11H2,1-2H3,(H,20,21). The van der Waals surface area contributed by atoms with E-state index < -0.39 is 5.63 Å². The van der Waals surface area contributed by atoms with Crippen molar-refractivity contribution in [3.05, 3.63) is 68.2 Å². The quantitative estimate of drug-likeness (QED) is 0.717. The third-order valence-corrected chi connectivity index (χ3v) is 4.79. The maximum absolute atomic E-state index is 12.1. The van der Waals surface area contributed by atoms with E-state index in [2.05, 4.69) is 19.2 Å². The number of carbonyl (C=O) groups excluding carboxylic acids is 1. The normalized spacial score (nSPS) is 11.1. The highest BCUT2D eigenvalue weighted by Crippen LogP contribution is 2.23. The van der Waals surface area contributed by atoms with Crippen LogP contribution in [0.4, 0.5) is 0 Å². The molecule has 0 aliphatic carbocycles. The second-order valence-electron chi connectivity index (χ2n) is 6.03. The van der Waals surface area contributed by atoms with Crippen LogP contribution in [-0.2, 0) is 17.8 Å². The van der Waals surface area contributed by atoms with E-state index in [9.17, 15) is 9.59 Å². The zero-order valence-corrected chi connectivity index (χ0v) is 14.5. The molecule has 0 radical (unpaired) electrons. The summed E-state index contributed by atoms with van der Waals surface area (Å²) in [4.78, 5) is 24.8. The molecule has 24 heavy (non-hydrogen) atoms. The molecule has 2 heterocycles. The summed E-state index contributed by atoms with van der Waals surface area (Å²) in [7, 11) is 0. The Bertz CT molecular complexity index is 910. The van der Waals surface area contributed by atoms with Gasteiger partial charge in [0.1, 0.15) is 5.58 Å². The number of nitrogens with one attached hydrogen (secondary N) is 1. The Morgan fingerprint density at radius 2 is 2.08 bits per heavy atom. The summed E-state index contributed by atoms with van der Waals surface area (Å²) in [5.41, 5.74) is 2.10. The number of fused-ring (bicyclic) bond motifs is 1. The van der Waals surface area contributed by atoms with Crippen molar-refractivity contribution in [2.75, 3.05) is 0 Å². The average molecular weight is 341 g/mol. The van der Waals surface area contributed by atoms with E-state index in [1.54, 1.807) is 11.3 Å². The van der Waals surface area contributed by atoms with Crippen LogP contribution in [0.1, 0.15) is 35.8 Å². The Morgan fingerprint density at radius 1 is 1.25 bits per heavy atom. The summed E-state index contributed by atoms with van der Waals surface area (Å²) in [5.74, 6) is 0.321. The predicted molar refractivity (Wildman–Crippen MR) is 96.4 cm³/mol. The fourth-order valence-corrected chi connectivity index (χ4v) is 3.28. The predicted octanol–water partition coefficient (Wildman–Crippen LogP) is 3.84. The van der Waals surface area contributed by atoms with Crippen molar-refractivity contribution >= 4 is 28.2 Å². The Morgan fingerprint density at radius 3 is 2.79 bits per heavy atom. The van der Waals surface area contributed by atoms with E-state index in [0.717, 1.165) is 15.8 Å². The van der Waals surface area contributed by atoms with Gasteiger partial charge >= 0.3 is 5.63 Å². The minimum atomic E-state index is -0.401. The highest BCUT2D eigenvalue weighted by Gasteiger charge is 2.10. The van der Waals surface area contributed by atoms with Gasteiger partial charge in [0.05, 0.1) is 6.42 Å². The topological polar surface area (TPSA) is 59.3 Å². The van der Waals surface area contributed by atoms with Gasteiger partial charge in [-0.3, -0.25) is 4.79 Å². The van der Waals surface area contributed by atoms with Gasteiger partial charge in [0.25, 0.3) is 0 Å². The second kappa shape index (κ2) is 7.01. The lowest BCUT2D eigenvalue weighted by Gasteiger charge is -2.10. The molecule has 0 saturated heterocycles. The Hall–Kier alpha value is -2.40. The first-order chi connectivity index (χ1) is 11.5. The van der Waals surface area contributed by atoms with E-state index in [1.807, 2.05) is 35.7 Å². The number of hydrogen-bond acceptors (Lipinski definition) is 4. The number of thiophene rings is 1. The van der Waals surface area contributed by atoms with Gasteiger partial charge in [-0.1, -0.05) is 26.0 Å². The lowest BCUT2D eigenvalue weighted by atomic mass is 9.99. The number of amides is 1. The maximum Gasteiger partial charge on any atom is 0.336 e. The maximum atomic E-state index is 12.1. The van der Waals surface area contributed by atoms with Crippen LogP contribution in [0.2, 0.25) is 0 Å². The van der Waals surface area contributed by atoms with Crippen molar-refractivity contribution in [2.45, 2.75) is 32.7 Å². The van der Waals surface area contributed by atoms with Gasteiger partial charge < -0.3 is 9.73 Å². The van der Waals surface area contributed by atoms with Crippen molar-refractivity contribution in [1.29, 1.82) is 0 Å². The molecule has 5 heteroatoms. The molecule has 0 aliphatic heterocycles. The molecule has 0 fully saturated rings. The molecule has 0 unspecified atom stereocenters. The second-order valence-corrected chi connectivity index (χ2v) is 7.07. The number of hydrogen-bond donors (Lipinski definition) is 1.